The van der Waals surface area contributed by atoms with E-state index in [-0.39, 0.29) is 11.8 Å². The Morgan fingerprint density at radius 1 is 1.15 bits per heavy atom. The van der Waals surface area contributed by atoms with E-state index in [9.17, 15) is 9.59 Å². The van der Waals surface area contributed by atoms with Crippen LogP contribution >= 0.6 is 0 Å². The monoisotopic (exact) mass is 362 g/mol. The summed E-state index contributed by atoms with van der Waals surface area (Å²) in [5.41, 5.74) is 5.00. The van der Waals surface area contributed by atoms with Gasteiger partial charge in [-0.1, -0.05) is 12.1 Å². The van der Waals surface area contributed by atoms with E-state index < -0.39 is 0 Å². The van der Waals surface area contributed by atoms with Crippen LogP contribution in [0.1, 0.15) is 45.8 Å². The number of benzene rings is 1. The molecular formula is C21H22N4O2. The molecule has 1 fully saturated rings. The van der Waals surface area contributed by atoms with Gasteiger partial charge in [-0.3, -0.25) is 9.59 Å². The summed E-state index contributed by atoms with van der Waals surface area (Å²) in [5, 5.41) is 6.12. The molecule has 0 saturated carbocycles. The van der Waals surface area contributed by atoms with Crippen LogP contribution in [-0.2, 0) is 17.6 Å². The number of aromatic nitrogens is 1. The molecule has 0 unspecified atom stereocenters. The maximum absolute atomic E-state index is 13.0. The van der Waals surface area contributed by atoms with Gasteiger partial charge in [0.1, 0.15) is 5.82 Å². The molecule has 0 spiro atoms. The van der Waals surface area contributed by atoms with E-state index in [1.165, 1.54) is 24.0 Å². The minimum atomic E-state index is -0.0703. The van der Waals surface area contributed by atoms with Crippen LogP contribution in [0, 0.1) is 0 Å². The normalized spacial score (nSPS) is 19.0. The summed E-state index contributed by atoms with van der Waals surface area (Å²) >= 11 is 0. The van der Waals surface area contributed by atoms with Crippen LogP contribution < -0.4 is 15.5 Å². The number of rotatable bonds is 2. The van der Waals surface area contributed by atoms with Crippen molar-refractivity contribution in [3.05, 3.63) is 52.7 Å². The Hall–Kier alpha value is -2.73. The molecule has 3 aliphatic rings. The molecule has 0 bridgehead atoms. The molecule has 1 aromatic carbocycles. The number of hydrogen-bond acceptors (Lipinski definition) is 4. The molecule has 6 nitrogen and oxygen atoms in total. The predicted octanol–water partition coefficient (Wildman–Crippen LogP) is 2.25. The second-order valence-electron chi connectivity index (χ2n) is 7.58. The highest BCUT2D eigenvalue weighted by molar-refractivity contribution is 6.08. The summed E-state index contributed by atoms with van der Waals surface area (Å²) in [6.07, 6.45) is 5.09. The van der Waals surface area contributed by atoms with Crippen molar-refractivity contribution >= 4 is 23.3 Å². The molecule has 2 N–H and O–H groups in total. The summed E-state index contributed by atoms with van der Waals surface area (Å²) in [6, 6.07) is 8.37. The topological polar surface area (TPSA) is 74.3 Å². The number of carbonyl (C=O) groups excluding carboxylic acids is 2. The zero-order valence-corrected chi connectivity index (χ0v) is 15.1. The Morgan fingerprint density at radius 3 is 2.85 bits per heavy atom. The predicted molar refractivity (Wildman–Crippen MR) is 103 cm³/mol. The maximum Gasteiger partial charge on any atom is 0.259 e. The van der Waals surface area contributed by atoms with Gasteiger partial charge in [0.25, 0.3) is 5.91 Å². The van der Waals surface area contributed by atoms with Crippen LogP contribution in [0.4, 0.5) is 11.5 Å². The number of amides is 2. The van der Waals surface area contributed by atoms with E-state index >= 15 is 0 Å². The Morgan fingerprint density at radius 2 is 2.00 bits per heavy atom. The summed E-state index contributed by atoms with van der Waals surface area (Å²) in [5.74, 6) is 1.08. The first kappa shape index (κ1) is 16.4. The van der Waals surface area contributed by atoms with E-state index in [1.54, 1.807) is 12.3 Å². The van der Waals surface area contributed by atoms with Crippen LogP contribution in [0.5, 0.6) is 0 Å². The minimum Gasteiger partial charge on any atom is -0.317 e. The van der Waals surface area contributed by atoms with Crippen LogP contribution in [0.3, 0.4) is 0 Å². The molecular weight excluding hydrogens is 340 g/mol. The van der Waals surface area contributed by atoms with Gasteiger partial charge in [0, 0.05) is 24.0 Å². The van der Waals surface area contributed by atoms with Crippen LogP contribution in [0.15, 0.2) is 30.5 Å². The smallest absolute Gasteiger partial charge is 0.259 e. The summed E-state index contributed by atoms with van der Waals surface area (Å²) in [6.45, 7) is 2.85. The highest BCUT2D eigenvalue weighted by Gasteiger charge is 2.28. The average molecular weight is 362 g/mol. The third-order valence-electron chi connectivity index (χ3n) is 5.88. The molecule has 2 amide bonds. The fourth-order valence-electron chi connectivity index (χ4n) is 4.42. The van der Waals surface area contributed by atoms with Gasteiger partial charge < -0.3 is 15.5 Å². The fraction of sp³-hybridized carbons (Fsp3) is 0.381. The van der Waals surface area contributed by atoms with Crippen LogP contribution in [0.25, 0.3) is 0 Å². The molecule has 1 aromatic heterocycles. The molecule has 0 aliphatic carbocycles. The number of pyridine rings is 1. The summed E-state index contributed by atoms with van der Waals surface area (Å²) < 4.78 is 0. The van der Waals surface area contributed by atoms with Crippen molar-refractivity contribution in [3.8, 4) is 0 Å². The van der Waals surface area contributed by atoms with Gasteiger partial charge in [-0.2, -0.15) is 0 Å². The Bertz CT molecular complexity index is 934. The lowest BCUT2D eigenvalue weighted by Gasteiger charge is -2.24. The quantitative estimate of drug-likeness (QED) is 0.859. The molecule has 3 aliphatic heterocycles. The largest absolute Gasteiger partial charge is 0.317 e. The Labute approximate surface area is 158 Å². The van der Waals surface area contributed by atoms with Gasteiger partial charge >= 0.3 is 0 Å². The lowest BCUT2D eigenvalue weighted by atomic mass is 9.89. The number of nitrogens with one attached hydrogen (secondary N) is 2. The average Bonchev–Trinajstić information content (AvgIpc) is 3.29. The molecule has 6 heteroatoms. The first-order valence-electron chi connectivity index (χ1n) is 9.63. The number of hydrogen-bond donors (Lipinski definition) is 2. The van der Waals surface area contributed by atoms with Crippen molar-refractivity contribution in [2.24, 2.45) is 0 Å². The maximum atomic E-state index is 13.0. The number of carbonyl (C=O) groups is 2. The highest BCUT2D eigenvalue weighted by Crippen LogP contribution is 2.34. The highest BCUT2D eigenvalue weighted by atomic mass is 16.2. The van der Waals surface area contributed by atoms with Crippen molar-refractivity contribution in [1.29, 1.82) is 0 Å². The van der Waals surface area contributed by atoms with Crippen molar-refractivity contribution in [1.82, 2.24) is 10.3 Å². The molecule has 27 heavy (non-hydrogen) atoms. The van der Waals surface area contributed by atoms with Gasteiger partial charge in [-0.15, -0.1) is 0 Å². The van der Waals surface area contributed by atoms with E-state index in [2.05, 4.69) is 33.8 Å². The summed E-state index contributed by atoms with van der Waals surface area (Å²) in [4.78, 5) is 30.7. The third kappa shape index (κ3) is 2.90. The number of fused-ring (bicyclic) bond motifs is 2. The SMILES string of the molecule is O=C1Cc2cc(C(=O)N3CCc4cc(C5CCNCC5)ccc43)cnc2N1. The molecule has 2 aromatic rings. The van der Waals surface area contributed by atoms with Crippen molar-refractivity contribution in [2.45, 2.75) is 31.6 Å². The van der Waals surface area contributed by atoms with Crippen molar-refractivity contribution < 1.29 is 9.59 Å². The standard InChI is InChI=1S/C21H22N4O2/c26-19-11-16-10-17(12-23-20(16)24-19)21(27)25-8-5-15-9-14(1-2-18(15)25)13-3-6-22-7-4-13/h1-2,9-10,12-13,22H,3-8,11H2,(H,23,24,26). The van der Waals surface area contributed by atoms with Crippen molar-refractivity contribution in [3.63, 3.8) is 0 Å². The van der Waals surface area contributed by atoms with E-state index in [0.717, 1.165) is 30.8 Å². The van der Waals surface area contributed by atoms with Crippen LogP contribution in [0.2, 0.25) is 0 Å². The lowest BCUT2D eigenvalue weighted by molar-refractivity contribution is -0.115. The first-order valence-corrected chi connectivity index (χ1v) is 9.63. The van der Waals surface area contributed by atoms with Crippen LogP contribution in [-0.4, -0.2) is 36.4 Å². The second-order valence-corrected chi connectivity index (χ2v) is 7.58. The lowest BCUT2D eigenvalue weighted by Crippen LogP contribution is -2.29. The number of anilines is 2. The first-order chi connectivity index (χ1) is 13.2. The number of nitrogens with zero attached hydrogens (tertiary/aromatic N) is 2. The fourth-order valence-corrected chi connectivity index (χ4v) is 4.42. The van der Waals surface area contributed by atoms with Gasteiger partial charge in [0.15, 0.2) is 0 Å². The van der Waals surface area contributed by atoms with Gasteiger partial charge in [-0.25, -0.2) is 4.98 Å². The van der Waals surface area contributed by atoms with Gasteiger partial charge in [-0.05, 0) is 61.5 Å². The Kier molecular flexibility index (Phi) is 3.93. The second kappa shape index (κ2) is 6.46. The van der Waals surface area contributed by atoms with Gasteiger partial charge in [0.2, 0.25) is 5.91 Å². The minimum absolute atomic E-state index is 0.0435. The third-order valence-corrected chi connectivity index (χ3v) is 5.88. The molecule has 5 rings (SSSR count). The molecule has 1 saturated heterocycles. The molecule has 0 atom stereocenters. The molecule has 138 valence electrons. The molecule has 4 heterocycles. The Balaban J connectivity index is 1.39. The summed E-state index contributed by atoms with van der Waals surface area (Å²) in [7, 11) is 0. The number of piperidine rings is 1. The zero-order valence-electron chi connectivity index (χ0n) is 15.1. The molecule has 0 radical (unpaired) electrons. The van der Waals surface area contributed by atoms with Gasteiger partial charge in [0.05, 0.1) is 12.0 Å². The zero-order chi connectivity index (χ0) is 18.4. The van der Waals surface area contributed by atoms with E-state index in [1.807, 2.05) is 4.90 Å². The van der Waals surface area contributed by atoms with E-state index in [4.69, 9.17) is 0 Å². The van der Waals surface area contributed by atoms with E-state index in [0.29, 0.717) is 30.3 Å². The van der Waals surface area contributed by atoms with Crippen molar-refractivity contribution in [2.75, 3.05) is 29.9 Å².